The van der Waals surface area contributed by atoms with Crippen LogP contribution in [0.15, 0.2) is 24.4 Å². The van der Waals surface area contributed by atoms with Gasteiger partial charge < -0.3 is 4.90 Å². The van der Waals surface area contributed by atoms with Crippen molar-refractivity contribution in [3.05, 3.63) is 30.1 Å². The van der Waals surface area contributed by atoms with Crippen molar-refractivity contribution in [3.63, 3.8) is 0 Å². The molecule has 110 valence electrons. The molecule has 1 saturated heterocycles. The molecule has 5 heteroatoms. The maximum absolute atomic E-state index is 4.45. The lowest BCUT2D eigenvalue weighted by atomic mass is 9.85. The fourth-order valence-corrected chi connectivity index (χ4v) is 3.83. The third kappa shape index (κ3) is 2.30. The molecule has 0 aromatic carbocycles. The van der Waals surface area contributed by atoms with Crippen LogP contribution in [0.2, 0.25) is 0 Å². The highest BCUT2D eigenvalue weighted by atomic mass is 15.4. The maximum Gasteiger partial charge on any atom is 0.175 e. The van der Waals surface area contributed by atoms with Gasteiger partial charge in [-0.15, -0.1) is 10.2 Å². The first kappa shape index (κ1) is 12.8. The van der Waals surface area contributed by atoms with Crippen LogP contribution in [-0.2, 0) is 0 Å². The number of rotatable bonds is 2. The standard InChI is InChI=1S/C16H21N5/c1-12-8-11-21(19-12)16-7-6-15(17-18-16)20-10-9-13-4-2-3-5-14(13)20/h6-8,11,13-14H,2-5,9-10H2,1H3/t13-,14-/m0/s1. The van der Waals surface area contributed by atoms with Gasteiger partial charge >= 0.3 is 0 Å². The molecule has 1 aliphatic carbocycles. The molecule has 21 heavy (non-hydrogen) atoms. The van der Waals surface area contributed by atoms with Gasteiger partial charge in [-0.3, -0.25) is 0 Å². The summed E-state index contributed by atoms with van der Waals surface area (Å²) in [6.45, 7) is 3.11. The van der Waals surface area contributed by atoms with E-state index in [2.05, 4.69) is 26.3 Å². The molecular weight excluding hydrogens is 262 g/mol. The van der Waals surface area contributed by atoms with E-state index in [1.54, 1.807) is 4.68 Å². The van der Waals surface area contributed by atoms with E-state index in [9.17, 15) is 0 Å². The van der Waals surface area contributed by atoms with Crippen molar-refractivity contribution in [2.24, 2.45) is 5.92 Å². The second-order valence-corrected chi connectivity index (χ2v) is 6.25. The van der Waals surface area contributed by atoms with Crippen molar-refractivity contribution in [1.82, 2.24) is 20.0 Å². The molecule has 1 saturated carbocycles. The van der Waals surface area contributed by atoms with Crippen molar-refractivity contribution < 1.29 is 0 Å². The van der Waals surface area contributed by atoms with E-state index in [1.165, 1.54) is 32.1 Å². The molecule has 2 aliphatic rings. The molecule has 5 nitrogen and oxygen atoms in total. The van der Waals surface area contributed by atoms with Crippen LogP contribution >= 0.6 is 0 Å². The molecule has 1 aliphatic heterocycles. The van der Waals surface area contributed by atoms with Crippen molar-refractivity contribution in [2.75, 3.05) is 11.4 Å². The first-order valence-electron chi connectivity index (χ1n) is 7.94. The van der Waals surface area contributed by atoms with Crippen LogP contribution < -0.4 is 4.90 Å². The molecule has 0 unspecified atom stereocenters. The summed E-state index contributed by atoms with van der Waals surface area (Å²) < 4.78 is 1.78. The predicted molar refractivity (Wildman–Crippen MR) is 81.6 cm³/mol. The highest BCUT2D eigenvalue weighted by molar-refractivity contribution is 5.42. The van der Waals surface area contributed by atoms with Crippen LogP contribution in [0.1, 0.15) is 37.8 Å². The van der Waals surface area contributed by atoms with Crippen LogP contribution in [0.4, 0.5) is 5.82 Å². The topological polar surface area (TPSA) is 46.8 Å². The summed E-state index contributed by atoms with van der Waals surface area (Å²) >= 11 is 0. The van der Waals surface area contributed by atoms with E-state index < -0.39 is 0 Å². The summed E-state index contributed by atoms with van der Waals surface area (Å²) in [5.74, 6) is 2.68. The highest BCUT2D eigenvalue weighted by Crippen LogP contribution is 2.37. The van der Waals surface area contributed by atoms with Gasteiger partial charge in [-0.2, -0.15) is 5.10 Å². The Balaban J connectivity index is 1.56. The molecule has 2 aromatic rings. The highest BCUT2D eigenvalue weighted by Gasteiger charge is 2.36. The van der Waals surface area contributed by atoms with E-state index in [-0.39, 0.29) is 0 Å². The molecule has 0 amide bonds. The smallest absolute Gasteiger partial charge is 0.175 e. The summed E-state index contributed by atoms with van der Waals surface area (Å²) in [6.07, 6.45) is 8.69. The minimum absolute atomic E-state index is 0.686. The van der Waals surface area contributed by atoms with E-state index in [1.807, 2.05) is 25.3 Å². The summed E-state index contributed by atoms with van der Waals surface area (Å²) in [6, 6.07) is 6.77. The second kappa shape index (κ2) is 5.13. The van der Waals surface area contributed by atoms with Crippen LogP contribution in [-0.4, -0.2) is 32.6 Å². The summed E-state index contributed by atoms with van der Waals surface area (Å²) in [5, 5.41) is 13.2. The van der Waals surface area contributed by atoms with Crippen LogP contribution in [0.25, 0.3) is 5.82 Å². The normalized spacial score (nSPS) is 25.1. The molecule has 3 heterocycles. The molecule has 0 N–H and O–H groups in total. The number of aromatic nitrogens is 4. The predicted octanol–water partition coefficient (Wildman–Crippen LogP) is 2.74. The van der Waals surface area contributed by atoms with Gasteiger partial charge in [0.1, 0.15) is 0 Å². The number of fused-ring (bicyclic) bond motifs is 1. The van der Waals surface area contributed by atoms with E-state index in [0.717, 1.165) is 29.8 Å². The Morgan fingerprint density at radius 3 is 2.57 bits per heavy atom. The third-order valence-corrected chi connectivity index (χ3v) is 4.90. The molecule has 0 spiro atoms. The van der Waals surface area contributed by atoms with Gasteiger partial charge in [-0.05, 0) is 50.3 Å². The van der Waals surface area contributed by atoms with E-state index in [0.29, 0.717) is 6.04 Å². The van der Waals surface area contributed by atoms with E-state index in [4.69, 9.17) is 0 Å². The average Bonchev–Trinajstić information content (AvgIpc) is 3.14. The Labute approximate surface area is 125 Å². The number of hydrogen-bond acceptors (Lipinski definition) is 4. The molecule has 2 aromatic heterocycles. The number of anilines is 1. The van der Waals surface area contributed by atoms with E-state index >= 15 is 0 Å². The fourth-order valence-electron chi connectivity index (χ4n) is 3.83. The van der Waals surface area contributed by atoms with Crippen LogP contribution in [0.5, 0.6) is 0 Å². The lowest BCUT2D eigenvalue weighted by Crippen LogP contribution is -2.35. The summed E-state index contributed by atoms with van der Waals surface area (Å²) in [5.41, 5.74) is 0.991. The third-order valence-electron chi connectivity index (χ3n) is 4.90. The van der Waals surface area contributed by atoms with Crippen molar-refractivity contribution in [2.45, 2.75) is 45.1 Å². The lowest BCUT2D eigenvalue weighted by molar-refractivity contribution is 0.341. The molecule has 0 radical (unpaired) electrons. The maximum atomic E-state index is 4.45. The van der Waals surface area contributed by atoms with Crippen molar-refractivity contribution in [1.29, 1.82) is 0 Å². The van der Waals surface area contributed by atoms with Crippen molar-refractivity contribution >= 4 is 5.82 Å². The number of aryl methyl sites for hydroxylation is 1. The largest absolute Gasteiger partial charge is 0.352 e. The minimum Gasteiger partial charge on any atom is -0.352 e. The fraction of sp³-hybridized carbons (Fsp3) is 0.562. The minimum atomic E-state index is 0.686. The molecule has 2 fully saturated rings. The average molecular weight is 283 g/mol. The SMILES string of the molecule is Cc1ccn(-c2ccc(N3CC[C@@H]4CCCC[C@@H]43)nn2)n1. The Morgan fingerprint density at radius 1 is 1.00 bits per heavy atom. The summed E-state index contributed by atoms with van der Waals surface area (Å²) in [4.78, 5) is 2.47. The number of hydrogen-bond donors (Lipinski definition) is 0. The Kier molecular flexibility index (Phi) is 3.13. The number of nitrogens with zero attached hydrogens (tertiary/aromatic N) is 5. The van der Waals surface area contributed by atoms with Gasteiger partial charge in [0.15, 0.2) is 11.6 Å². The van der Waals surface area contributed by atoms with Gasteiger partial charge in [0.2, 0.25) is 0 Å². The van der Waals surface area contributed by atoms with Gasteiger partial charge in [0.25, 0.3) is 0 Å². The monoisotopic (exact) mass is 283 g/mol. The summed E-state index contributed by atoms with van der Waals surface area (Å²) in [7, 11) is 0. The zero-order valence-corrected chi connectivity index (χ0v) is 12.4. The van der Waals surface area contributed by atoms with Gasteiger partial charge in [-0.25, -0.2) is 4.68 Å². The Morgan fingerprint density at radius 2 is 1.81 bits per heavy atom. The second-order valence-electron chi connectivity index (χ2n) is 6.25. The van der Waals surface area contributed by atoms with Gasteiger partial charge in [0.05, 0.1) is 5.69 Å². The van der Waals surface area contributed by atoms with Crippen molar-refractivity contribution in [3.8, 4) is 5.82 Å². The van der Waals surface area contributed by atoms with Gasteiger partial charge in [-0.1, -0.05) is 12.8 Å². The Bertz CT molecular complexity index is 618. The molecule has 4 rings (SSSR count). The van der Waals surface area contributed by atoms with Crippen LogP contribution in [0.3, 0.4) is 0 Å². The zero-order chi connectivity index (χ0) is 14.2. The Hall–Kier alpha value is -1.91. The molecular formula is C16H21N5. The van der Waals surface area contributed by atoms with Crippen LogP contribution in [0, 0.1) is 12.8 Å². The lowest BCUT2D eigenvalue weighted by Gasteiger charge is -2.32. The first-order chi connectivity index (χ1) is 10.3. The molecule has 2 atom stereocenters. The quantitative estimate of drug-likeness (QED) is 0.850. The first-order valence-corrected chi connectivity index (χ1v) is 7.94. The zero-order valence-electron chi connectivity index (χ0n) is 12.4. The molecule has 0 bridgehead atoms. The van der Waals surface area contributed by atoms with Gasteiger partial charge in [0, 0.05) is 18.8 Å².